The summed E-state index contributed by atoms with van der Waals surface area (Å²) in [5.74, 6) is -0.769. The molecule has 1 atom stereocenters. The molecule has 1 aromatic carbocycles. The van der Waals surface area contributed by atoms with Gasteiger partial charge in [0, 0.05) is 29.6 Å². The van der Waals surface area contributed by atoms with E-state index in [9.17, 15) is 14.5 Å². The van der Waals surface area contributed by atoms with Gasteiger partial charge in [0.15, 0.2) is 0 Å². The Hall–Kier alpha value is -2.21. The highest BCUT2D eigenvalue weighted by molar-refractivity contribution is 5.37. The van der Waals surface area contributed by atoms with Crippen molar-refractivity contribution in [1.29, 1.82) is 0 Å². The van der Waals surface area contributed by atoms with E-state index >= 15 is 0 Å². The summed E-state index contributed by atoms with van der Waals surface area (Å²) in [5, 5.41) is 13.9. The molecule has 2 rings (SSSR count). The first kappa shape index (κ1) is 14.2. The Labute approximate surface area is 116 Å². The van der Waals surface area contributed by atoms with Gasteiger partial charge in [-0.3, -0.25) is 10.1 Å². The molecule has 0 saturated heterocycles. The fourth-order valence-electron chi connectivity index (χ4n) is 2.13. The summed E-state index contributed by atoms with van der Waals surface area (Å²) in [6.07, 6.45) is 1.83. The molecule has 0 radical (unpaired) electrons. The maximum atomic E-state index is 14.1. The number of nitrogens with one attached hydrogen (secondary N) is 1. The first-order valence-electron chi connectivity index (χ1n) is 6.28. The van der Waals surface area contributed by atoms with E-state index in [0.717, 1.165) is 5.69 Å². The zero-order valence-corrected chi connectivity index (χ0v) is 11.3. The summed E-state index contributed by atoms with van der Waals surface area (Å²) < 4.78 is 15.9. The largest absolute Gasteiger partial charge is 0.345 e. The van der Waals surface area contributed by atoms with Crippen LogP contribution in [0.3, 0.4) is 0 Å². The average molecular weight is 277 g/mol. The fourth-order valence-corrected chi connectivity index (χ4v) is 2.13. The van der Waals surface area contributed by atoms with E-state index in [4.69, 9.17) is 0 Å². The van der Waals surface area contributed by atoms with Gasteiger partial charge in [0.05, 0.1) is 11.5 Å². The van der Waals surface area contributed by atoms with E-state index in [1.807, 2.05) is 36.9 Å². The van der Waals surface area contributed by atoms with Gasteiger partial charge in [0.25, 0.3) is 0 Å². The van der Waals surface area contributed by atoms with Gasteiger partial charge < -0.3 is 9.88 Å². The minimum Gasteiger partial charge on any atom is -0.345 e. The number of nitrogens with zero attached hydrogens (tertiary/aromatic N) is 2. The normalized spacial score (nSPS) is 12.3. The molecule has 0 amide bonds. The van der Waals surface area contributed by atoms with E-state index in [2.05, 4.69) is 5.32 Å². The van der Waals surface area contributed by atoms with Gasteiger partial charge in [-0.2, -0.15) is 4.39 Å². The molecule has 0 fully saturated rings. The Balaban J connectivity index is 2.34. The highest BCUT2D eigenvalue weighted by Gasteiger charge is 2.18. The molecule has 0 aliphatic carbocycles. The molecule has 20 heavy (non-hydrogen) atoms. The molecule has 1 aromatic heterocycles. The molecule has 5 nitrogen and oxygen atoms in total. The highest BCUT2D eigenvalue weighted by atomic mass is 19.1. The first-order chi connectivity index (χ1) is 9.54. The van der Waals surface area contributed by atoms with Crippen molar-refractivity contribution in [3.05, 3.63) is 63.7 Å². The lowest BCUT2D eigenvalue weighted by Gasteiger charge is -2.15. The number of aromatic nitrogens is 1. The van der Waals surface area contributed by atoms with E-state index in [1.165, 1.54) is 12.1 Å². The van der Waals surface area contributed by atoms with Crippen LogP contribution in [0.1, 0.15) is 24.2 Å². The van der Waals surface area contributed by atoms with Crippen molar-refractivity contribution in [2.45, 2.75) is 19.5 Å². The summed E-state index contributed by atoms with van der Waals surface area (Å²) in [5.41, 5.74) is 0.816. The van der Waals surface area contributed by atoms with Gasteiger partial charge in [-0.15, -0.1) is 0 Å². The van der Waals surface area contributed by atoms with E-state index < -0.39 is 16.4 Å². The van der Waals surface area contributed by atoms with Crippen molar-refractivity contribution in [2.75, 3.05) is 7.05 Å². The molecule has 1 heterocycles. The summed E-state index contributed by atoms with van der Waals surface area (Å²) in [7, 11) is 1.84. The van der Waals surface area contributed by atoms with Crippen LogP contribution in [0.5, 0.6) is 0 Å². The maximum absolute atomic E-state index is 14.1. The molecular formula is C14H16FN3O2. The number of hydrogen-bond acceptors (Lipinski definition) is 3. The summed E-state index contributed by atoms with van der Waals surface area (Å²) in [4.78, 5) is 10.0. The topological polar surface area (TPSA) is 60.1 Å². The Morgan fingerprint density at radius 2 is 2.15 bits per heavy atom. The third-order valence-electron chi connectivity index (χ3n) is 3.34. The molecule has 0 bridgehead atoms. The molecule has 0 spiro atoms. The number of rotatable bonds is 5. The van der Waals surface area contributed by atoms with Crippen LogP contribution in [0.15, 0.2) is 36.5 Å². The van der Waals surface area contributed by atoms with Gasteiger partial charge in [-0.1, -0.05) is 12.1 Å². The van der Waals surface area contributed by atoms with Gasteiger partial charge in [0.2, 0.25) is 5.82 Å². The van der Waals surface area contributed by atoms with Crippen LogP contribution in [-0.2, 0) is 6.54 Å². The molecule has 2 aromatic rings. The van der Waals surface area contributed by atoms with Crippen LogP contribution in [0.2, 0.25) is 0 Å². The number of benzene rings is 1. The van der Waals surface area contributed by atoms with Crippen LogP contribution in [0, 0.1) is 15.9 Å². The second-order valence-corrected chi connectivity index (χ2v) is 4.58. The predicted octanol–water partition coefficient (Wildman–Crippen LogP) is 2.86. The van der Waals surface area contributed by atoms with E-state index in [1.54, 1.807) is 6.07 Å². The standard InChI is InChI=1S/C14H16FN3O2/c1-10(16-2)12-7-4-8-17(12)9-11-5-3-6-13(14(11)15)18(19)20/h3-8,10,16H,9H2,1-2H3. The highest BCUT2D eigenvalue weighted by Crippen LogP contribution is 2.22. The second kappa shape index (κ2) is 5.83. The molecule has 1 N–H and O–H groups in total. The monoisotopic (exact) mass is 277 g/mol. The lowest BCUT2D eigenvalue weighted by Crippen LogP contribution is -2.17. The van der Waals surface area contributed by atoms with Crippen LogP contribution in [0.25, 0.3) is 0 Å². The summed E-state index contributed by atoms with van der Waals surface area (Å²) in [6.45, 7) is 2.26. The average Bonchev–Trinajstić information content (AvgIpc) is 2.88. The molecule has 106 valence electrons. The molecule has 0 aliphatic heterocycles. The third kappa shape index (κ3) is 2.70. The number of nitro groups is 1. The van der Waals surface area contributed by atoms with Crippen molar-refractivity contribution in [3.63, 3.8) is 0 Å². The smallest absolute Gasteiger partial charge is 0.305 e. The fraction of sp³-hybridized carbons (Fsp3) is 0.286. The van der Waals surface area contributed by atoms with Crippen molar-refractivity contribution in [1.82, 2.24) is 9.88 Å². The Bertz CT molecular complexity index is 625. The van der Waals surface area contributed by atoms with Crippen molar-refractivity contribution in [2.24, 2.45) is 0 Å². The maximum Gasteiger partial charge on any atom is 0.305 e. The third-order valence-corrected chi connectivity index (χ3v) is 3.34. The SMILES string of the molecule is CNC(C)c1cccn1Cc1cccc([N+](=O)[O-])c1F. The molecule has 0 saturated carbocycles. The van der Waals surface area contributed by atoms with Crippen molar-refractivity contribution >= 4 is 5.69 Å². The van der Waals surface area contributed by atoms with Crippen LogP contribution in [0.4, 0.5) is 10.1 Å². The Morgan fingerprint density at radius 1 is 1.40 bits per heavy atom. The lowest BCUT2D eigenvalue weighted by atomic mass is 10.1. The Kier molecular flexibility index (Phi) is 4.14. The van der Waals surface area contributed by atoms with Gasteiger partial charge in [0.1, 0.15) is 0 Å². The first-order valence-corrected chi connectivity index (χ1v) is 6.28. The molecule has 1 unspecified atom stereocenters. The predicted molar refractivity (Wildman–Crippen MR) is 74.1 cm³/mol. The van der Waals surface area contributed by atoms with Crippen LogP contribution < -0.4 is 5.32 Å². The minimum absolute atomic E-state index is 0.117. The number of nitro benzene ring substituents is 1. The molecule has 6 heteroatoms. The Morgan fingerprint density at radius 3 is 2.80 bits per heavy atom. The van der Waals surface area contributed by atoms with Gasteiger partial charge >= 0.3 is 5.69 Å². The van der Waals surface area contributed by atoms with Gasteiger partial charge in [-0.25, -0.2) is 0 Å². The van der Waals surface area contributed by atoms with Crippen molar-refractivity contribution in [3.8, 4) is 0 Å². The summed E-state index contributed by atoms with van der Waals surface area (Å²) >= 11 is 0. The van der Waals surface area contributed by atoms with Crippen LogP contribution in [-0.4, -0.2) is 16.5 Å². The zero-order valence-electron chi connectivity index (χ0n) is 11.3. The second-order valence-electron chi connectivity index (χ2n) is 4.58. The minimum atomic E-state index is -0.769. The van der Waals surface area contributed by atoms with E-state index in [0.29, 0.717) is 5.56 Å². The van der Waals surface area contributed by atoms with Gasteiger partial charge in [-0.05, 0) is 26.1 Å². The van der Waals surface area contributed by atoms with Crippen molar-refractivity contribution < 1.29 is 9.31 Å². The van der Waals surface area contributed by atoms with E-state index in [-0.39, 0.29) is 12.6 Å². The molecule has 0 aliphatic rings. The zero-order chi connectivity index (χ0) is 14.7. The number of halogens is 1. The summed E-state index contributed by atoms with van der Waals surface area (Å²) in [6, 6.07) is 8.17. The quantitative estimate of drug-likeness (QED) is 0.675. The molecular weight excluding hydrogens is 261 g/mol. The number of hydrogen-bond donors (Lipinski definition) is 1. The lowest BCUT2D eigenvalue weighted by molar-refractivity contribution is -0.387. The van der Waals surface area contributed by atoms with Crippen LogP contribution >= 0.6 is 0 Å².